The highest BCUT2D eigenvalue weighted by Crippen LogP contribution is 2.25. The smallest absolute Gasteiger partial charge is 0.267 e. The summed E-state index contributed by atoms with van der Waals surface area (Å²) < 4.78 is 0. The van der Waals surface area contributed by atoms with Crippen LogP contribution in [0.1, 0.15) is 33.5 Å². The number of carbonyl (C=O) groups excluding carboxylic acids is 1. The van der Waals surface area contributed by atoms with Crippen LogP contribution in [0, 0.1) is 13.8 Å². The lowest BCUT2D eigenvalue weighted by Gasteiger charge is -2.36. The second kappa shape index (κ2) is 10.9. The predicted octanol–water partition coefficient (Wildman–Crippen LogP) is 4.22. The van der Waals surface area contributed by atoms with Gasteiger partial charge < -0.3 is 15.1 Å². The number of benzene rings is 1. The van der Waals surface area contributed by atoms with Crippen molar-refractivity contribution in [2.24, 2.45) is 0 Å². The van der Waals surface area contributed by atoms with Crippen LogP contribution < -0.4 is 20.4 Å². The SMILES string of the molecule is CCc1nc(Nc2ncc(C(=O)Nc3c(C)cccc3C)s2)nc(N2CCN(c3ccncc3)CC2)n1. The maximum Gasteiger partial charge on any atom is 0.267 e. The number of piperazine rings is 1. The van der Waals surface area contributed by atoms with Gasteiger partial charge in [0.2, 0.25) is 11.9 Å². The molecule has 0 atom stereocenters. The van der Waals surface area contributed by atoms with Crippen LogP contribution in [0.5, 0.6) is 0 Å². The molecule has 1 amide bonds. The first-order chi connectivity index (χ1) is 18.0. The Labute approximate surface area is 219 Å². The number of amides is 1. The zero-order valence-electron chi connectivity index (χ0n) is 21.1. The zero-order valence-corrected chi connectivity index (χ0v) is 21.9. The van der Waals surface area contributed by atoms with Crippen molar-refractivity contribution >= 4 is 45.6 Å². The molecule has 4 aromatic rings. The van der Waals surface area contributed by atoms with E-state index >= 15 is 0 Å². The Morgan fingerprint density at radius 2 is 1.68 bits per heavy atom. The Balaban J connectivity index is 1.27. The number of rotatable bonds is 7. The highest BCUT2D eigenvalue weighted by Gasteiger charge is 2.21. The fraction of sp³-hybridized carbons (Fsp3) is 0.308. The molecule has 0 radical (unpaired) electrons. The Morgan fingerprint density at radius 3 is 2.38 bits per heavy atom. The molecule has 11 heteroatoms. The van der Waals surface area contributed by atoms with Gasteiger partial charge in [0.25, 0.3) is 5.91 Å². The number of thiazole rings is 1. The number of aryl methyl sites for hydroxylation is 3. The Hall–Kier alpha value is -4.12. The van der Waals surface area contributed by atoms with Crippen molar-refractivity contribution in [3.05, 3.63) is 70.8 Å². The van der Waals surface area contributed by atoms with Gasteiger partial charge in [-0.3, -0.25) is 15.1 Å². The summed E-state index contributed by atoms with van der Waals surface area (Å²) in [5.41, 5.74) is 4.03. The molecule has 3 aromatic heterocycles. The highest BCUT2D eigenvalue weighted by molar-refractivity contribution is 7.17. The molecular weight excluding hydrogens is 486 g/mol. The number of pyridine rings is 1. The number of hydrogen-bond acceptors (Lipinski definition) is 10. The van der Waals surface area contributed by atoms with Gasteiger partial charge in [-0.2, -0.15) is 15.0 Å². The molecule has 0 saturated carbocycles. The van der Waals surface area contributed by atoms with Gasteiger partial charge in [0.15, 0.2) is 5.13 Å². The van der Waals surface area contributed by atoms with Crippen LogP contribution in [0.4, 0.5) is 28.4 Å². The maximum absolute atomic E-state index is 12.9. The van der Waals surface area contributed by atoms with E-state index in [0.29, 0.717) is 34.2 Å². The molecule has 5 rings (SSSR count). The average Bonchev–Trinajstić information content (AvgIpc) is 3.39. The van der Waals surface area contributed by atoms with E-state index in [4.69, 9.17) is 0 Å². The van der Waals surface area contributed by atoms with E-state index in [2.05, 4.69) is 45.4 Å². The van der Waals surface area contributed by atoms with Gasteiger partial charge in [0, 0.05) is 56.4 Å². The van der Waals surface area contributed by atoms with Crippen molar-refractivity contribution in [3.8, 4) is 0 Å². The van der Waals surface area contributed by atoms with Gasteiger partial charge >= 0.3 is 0 Å². The lowest BCUT2D eigenvalue weighted by Crippen LogP contribution is -2.47. The minimum absolute atomic E-state index is 0.194. The number of anilines is 5. The number of nitrogens with zero attached hydrogens (tertiary/aromatic N) is 7. The summed E-state index contributed by atoms with van der Waals surface area (Å²) in [6, 6.07) is 9.99. The summed E-state index contributed by atoms with van der Waals surface area (Å²) in [6.07, 6.45) is 5.88. The molecule has 37 heavy (non-hydrogen) atoms. The Morgan fingerprint density at radius 1 is 0.973 bits per heavy atom. The molecule has 0 spiro atoms. The third kappa shape index (κ3) is 5.67. The third-order valence-electron chi connectivity index (χ3n) is 6.24. The molecule has 1 saturated heterocycles. The lowest BCUT2D eigenvalue weighted by atomic mass is 10.1. The summed E-state index contributed by atoms with van der Waals surface area (Å²) in [6.45, 7) is 9.31. The van der Waals surface area contributed by atoms with Crippen LogP contribution in [0.25, 0.3) is 0 Å². The van der Waals surface area contributed by atoms with Crippen molar-refractivity contribution in [2.75, 3.05) is 46.6 Å². The third-order valence-corrected chi connectivity index (χ3v) is 7.16. The minimum atomic E-state index is -0.194. The lowest BCUT2D eigenvalue weighted by molar-refractivity contribution is 0.103. The molecular formula is C26H29N9OS. The van der Waals surface area contributed by atoms with Crippen LogP contribution in [0.2, 0.25) is 0 Å². The van der Waals surface area contributed by atoms with Crippen molar-refractivity contribution in [1.82, 2.24) is 24.9 Å². The van der Waals surface area contributed by atoms with Crippen LogP contribution in [0.3, 0.4) is 0 Å². The van der Waals surface area contributed by atoms with E-state index in [1.54, 1.807) is 6.20 Å². The number of para-hydroxylation sites is 1. The number of carbonyl (C=O) groups is 1. The molecule has 0 bridgehead atoms. The van der Waals surface area contributed by atoms with Crippen LogP contribution in [-0.2, 0) is 6.42 Å². The molecule has 0 aliphatic carbocycles. The maximum atomic E-state index is 12.9. The fourth-order valence-electron chi connectivity index (χ4n) is 4.20. The molecule has 2 N–H and O–H groups in total. The van der Waals surface area contributed by atoms with Crippen molar-refractivity contribution < 1.29 is 4.79 Å². The summed E-state index contributed by atoms with van der Waals surface area (Å²) in [5, 5.41) is 6.73. The topological polar surface area (TPSA) is 112 Å². The van der Waals surface area contributed by atoms with E-state index in [1.165, 1.54) is 17.0 Å². The number of aromatic nitrogens is 5. The van der Waals surface area contributed by atoms with Crippen molar-refractivity contribution in [1.29, 1.82) is 0 Å². The van der Waals surface area contributed by atoms with Gasteiger partial charge in [-0.05, 0) is 37.1 Å². The summed E-state index contributed by atoms with van der Waals surface area (Å²) in [7, 11) is 0. The number of nitrogens with one attached hydrogen (secondary N) is 2. The van der Waals surface area contributed by atoms with E-state index in [9.17, 15) is 4.79 Å². The first kappa shape index (κ1) is 24.6. The average molecular weight is 516 g/mol. The fourth-order valence-corrected chi connectivity index (χ4v) is 4.91. The van der Waals surface area contributed by atoms with Crippen molar-refractivity contribution in [2.45, 2.75) is 27.2 Å². The van der Waals surface area contributed by atoms with Crippen molar-refractivity contribution in [3.63, 3.8) is 0 Å². The Bertz CT molecular complexity index is 1360. The summed E-state index contributed by atoms with van der Waals surface area (Å²) in [5.74, 6) is 1.58. The van der Waals surface area contributed by atoms with E-state index in [-0.39, 0.29) is 5.91 Å². The van der Waals surface area contributed by atoms with Gasteiger partial charge in [-0.25, -0.2) is 4.98 Å². The van der Waals surface area contributed by atoms with Gasteiger partial charge in [-0.1, -0.05) is 36.5 Å². The molecule has 10 nitrogen and oxygen atoms in total. The van der Waals surface area contributed by atoms with Crippen LogP contribution in [-0.4, -0.2) is 57.0 Å². The molecule has 1 aliphatic rings. The molecule has 0 unspecified atom stereocenters. The second-order valence-corrected chi connectivity index (χ2v) is 9.81. The summed E-state index contributed by atoms with van der Waals surface area (Å²) in [4.78, 5) is 40.2. The quantitative estimate of drug-likeness (QED) is 0.373. The largest absolute Gasteiger partial charge is 0.368 e. The van der Waals surface area contributed by atoms with Gasteiger partial charge in [0.05, 0.1) is 6.20 Å². The molecule has 1 aliphatic heterocycles. The van der Waals surface area contributed by atoms with E-state index in [1.807, 2.05) is 63.5 Å². The summed E-state index contributed by atoms with van der Waals surface area (Å²) >= 11 is 1.26. The second-order valence-electron chi connectivity index (χ2n) is 8.78. The normalized spacial score (nSPS) is 13.5. The first-order valence-corrected chi connectivity index (χ1v) is 13.1. The Kier molecular flexibility index (Phi) is 7.22. The molecule has 4 heterocycles. The van der Waals surface area contributed by atoms with E-state index in [0.717, 1.165) is 43.0 Å². The monoisotopic (exact) mass is 515 g/mol. The van der Waals surface area contributed by atoms with Crippen LogP contribution >= 0.6 is 11.3 Å². The highest BCUT2D eigenvalue weighted by atomic mass is 32.1. The molecule has 190 valence electrons. The molecule has 1 fully saturated rings. The predicted molar refractivity (Wildman–Crippen MR) is 147 cm³/mol. The first-order valence-electron chi connectivity index (χ1n) is 12.3. The minimum Gasteiger partial charge on any atom is -0.368 e. The van der Waals surface area contributed by atoms with Gasteiger partial charge in [0.1, 0.15) is 10.7 Å². The zero-order chi connectivity index (χ0) is 25.8. The molecule has 1 aromatic carbocycles. The van der Waals surface area contributed by atoms with Crippen LogP contribution in [0.15, 0.2) is 48.9 Å². The standard InChI is InChI=1S/C26H29N9OS/c1-4-21-29-24(32-25(30-21)35-14-12-34(13-15-35)19-8-10-27-11-9-19)33-26-28-16-20(37-26)23(36)31-22-17(2)6-5-7-18(22)3/h5-11,16H,4,12-15H2,1-3H3,(H,31,36)(H,28,29,30,32,33). The van der Waals surface area contributed by atoms with Gasteiger partial charge in [-0.15, -0.1) is 0 Å². The van der Waals surface area contributed by atoms with E-state index < -0.39 is 0 Å². The number of hydrogen-bond donors (Lipinski definition) is 2.